The first-order chi connectivity index (χ1) is 10.4. The molecule has 1 amide bonds. The third-order valence-corrected chi connectivity index (χ3v) is 3.46. The van der Waals surface area contributed by atoms with Gasteiger partial charge in [0.25, 0.3) is 5.89 Å². The summed E-state index contributed by atoms with van der Waals surface area (Å²) in [5.41, 5.74) is 0.514. The Morgan fingerprint density at radius 3 is 2.77 bits per heavy atom. The zero-order valence-corrected chi connectivity index (χ0v) is 13.0. The van der Waals surface area contributed by atoms with Gasteiger partial charge in [-0.2, -0.15) is 0 Å². The second kappa shape index (κ2) is 6.46. The van der Waals surface area contributed by atoms with E-state index in [0.29, 0.717) is 23.1 Å². The molecular formula is C15H18N2O5. The van der Waals surface area contributed by atoms with Crippen molar-refractivity contribution in [2.75, 3.05) is 14.2 Å². The molecule has 2 heterocycles. The lowest BCUT2D eigenvalue weighted by molar-refractivity contribution is -0.150. The zero-order chi connectivity index (χ0) is 16.3. The summed E-state index contributed by atoms with van der Waals surface area (Å²) in [6, 6.07) is 2.79. The van der Waals surface area contributed by atoms with E-state index < -0.39 is 12.0 Å². The molecule has 0 aliphatic carbocycles. The molecule has 2 rings (SSSR count). The molecule has 22 heavy (non-hydrogen) atoms. The summed E-state index contributed by atoms with van der Waals surface area (Å²) in [7, 11) is 2.83. The molecule has 0 bridgehead atoms. The summed E-state index contributed by atoms with van der Waals surface area (Å²) >= 11 is 0. The van der Waals surface area contributed by atoms with Crippen LogP contribution in [0.1, 0.15) is 18.4 Å². The highest BCUT2D eigenvalue weighted by Crippen LogP contribution is 2.22. The maximum absolute atomic E-state index is 12.2. The minimum absolute atomic E-state index is 0.0356. The molecule has 0 aromatic carbocycles. The SMILES string of the molecule is COC(=O)[C@@H](C)N(C)C(=O)Cc1nc(-c2ccco2)oc1C. The maximum Gasteiger partial charge on any atom is 0.328 e. The first-order valence-electron chi connectivity index (χ1n) is 6.77. The number of carbonyl (C=O) groups is 2. The number of ether oxygens (including phenoxy) is 1. The Balaban J connectivity index is 2.10. The molecule has 7 heteroatoms. The molecule has 0 saturated carbocycles. The fourth-order valence-corrected chi connectivity index (χ4v) is 1.91. The van der Waals surface area contributed by atoms with Gasteiger partial charge in [0.2, 0.25) is 5.91 Å². The molecule has 0 radical (unpaired) electrons. The average molecular weight is 306 g/mol. The van der Waals surface area contributed by atoms with E-state index in [1.807, 2.05) is 0 Å². The van der Waals surface area contributed by atoms with E-state index in [-0.39, 0.29) is 12.3 Å². The third-order valence-electron chi connectivity index (χ3n) is 3.46. The molecule has 0 saturated heterocycles. The summed E-state index contributed by atoms with van der Waals surface area (Å²) < 4.78 is 15.3. The Morgan fingerprint density at radius 1 is 1.45 bits per heavy atom. The van der Waals surface area contributed by atoms with Crippen LogP contribution in [-0.4, -0.2) is 42.0 Å². The van der Waals surface area contributed by atoms with Crippen LogP contribution < -0.4 is 0 Å². The van der Waals surface area contributed by atoms with Crippen molar-refractivity contribution in [2.24, 2.45) is 0 Å². The van der Waals surface area contributed by atoms with Crippen LogP contribution in [-0.2, 0) is 20.7 Å². The minimum Gasteiger partial charge on any atom is -0.467 e. The summed E-state index contributed by atoms with van der Waals surface area (Å²) in [5.74, 6) is 0.648. The molecule has 0 N–H and O–H groups in total. The molecule has 2 aromatic rings. The van der Waals surface area contributed by atoms with Crippen LogP contribution in [0.4, 0.5) is 0 Å². The third kappa shape index (κ3) is 3.19. The van der Waals surface area contributed by atoms with Crippen LogP contribution in [0.3, 0.4) is 0 Å². The number of hydrogen-bond acceptors (Lipinski definition) is 6. The Kier molecular flexibility index (Phi) is 4.65. The number of rotatable bonds is 5. The van der Waals surface area contributed by atoms with Gasteiger partial charge in [0.05, 0.1) is 25.5 Å². The molecule has 1 atom stereocenters. The maximum atomic E-state index is 12.2. The Morgan fingerprint density at radius 2 is 2.18 bits per heavy atom. The van der Waals surface area contributed by atoms with Gasteiger partial charge in [-0.15, -0.1) is 0 Å². The van der Waals surface area contributed by atoms with Gasteiger partial charge >= 0.3 is 5.97 Å². The number of hydrogen-bond donors (Lipinski definition) is 0. The first-order valence-corrected chi connectivity index (χ1v) is 6.77. The van der Waals surface area contributed by atoms with Crippen molar-refractivity contribution < 1.29 is 23.2 Å². The lowest BCUT2D eigenvalue weighted by Gasteiger charge is -2.22. The number of nitrogens with zero attached hydrogens (tertiary/aromatic N) is 2. The Bertz CT molecular complexity index is 660. The number of amides is 1. The zero-order valence-electron chi connectivity index (χ0n) is 13.0. The van der Waals surface area contributed by atoms with Gasteiger partial charge in [-0.25, -0.2) is 9.78 Å². The van der Waals surface area contributed by atoms with Gasteiger partial charge in [0.1, 0.15) is 11.8 Å². The lowest BCUT2D eigenvalue weighted by Crippen LogP contribution is -2.41. The number of esters is 1. The number of aromatic nitrogens is 1. The molecule has 0 unspecified atom stereocenters. The predicted octanol–water partition coefficient (Wildman–Crippen LogP) is 1.81. The number of furan rings is 1. The van der Waals surface area contributed by atoms with Crippen LogP contribution in [0.2, 0.25) is 0 Å². The van der Waals surface area contributed by atoms with Gasteiger partial charge in [0.15, 0.2) is 5.76 Å². The number of likely N-dealkylation sites (N-methyl/N-ethyl adjacent to an activating group) is 1. The van der Waals surface area contributed by atoms with Crippen molar-refractivity contribution >= 4 is 11.9 Å². The van der Waals surface area contributed by atoms with Crippen LogP contribution in [0.15, 0.2) is 27.2 Å². The van der Waals surface area contributed by atoms with Crippen LogP contribution >= 0.6 is 0 Å². The predicted molar refractivity (Wildman–Crippen MR) is 76.9 cm³/mol. The fraction of sp³-hybridized carbons (Fsp3) is 0.400. The quantitative estimate of drug-likeness (QED) is 0.783. The van der Waals surface area contributed by atoms with E-state index in [1.165, 1.54) is 18.3 Å². The van der Waals surface area contributed by atoms with Crippen molar-refractivity contribution in [3.8, 4) is 11.7 Å². The van der Waals surface area contributed by atoms with E-state index in [9.17, 15) is 9.59 Å². The topological polar surface area (TPSA) is 85.8 Å². The number of aryl methyl sites for hydroxylation is 1. The molecule has 118 valence electrons. The molecule has 0 fully saturated rings. The van der Waals surface area contributed by atoms with Gasteiger partial charge in [-0.05, 0) is 26.0 Å². The standard InChI is InChI=1S/C15H18N2O5/c1-9(15(19)20-4)17(3)13(18)8-11-10(2)22-14(16-11)12-6-5-7-21-12/h5-7,9H,8H2,1-4H3/t9-/m1/s1. The molecular weight excluding hydrogens is 288 g/mol. The summed E-state index contributed by atoms with van der Waals surface area (Å²) in [4.78, 5) is 29.3. The summed E-state index contributed by atoms with van der Waals surface area (Å²) in [6.07, 6.45) is 1.55. The van der Waals surface area contributed by atoms with Crippen LogP contribution in [0.25, 0.3) is 11.7 Å². The molecule has 0 aliphatic heterocycles. The van der Waals surface area contributed by atoms with E-state index in [2.05, 4.69) is 9.72 Å². The summed E-state index contributed by atoms with van der Waals surface area (Å²) in [5, 5.41) is 0. The first kappa shape index (κ1) is 15.8. The van der Waals surface area contributed by atoms with Gasteiger partial charge in [-0.3, -0.25) is 4.79 Å². The monoisotopic (exact) mass is 306 g/mol. The van der Waals surface area contributed by atoms with Crippen molar-refractivity contribution in [1.82, 2.24) is 9.88 Å². The van der Waals surface area contributed by atoms with Crippen LogP contribution in [0.5, 0.6) is 0 Å². The van der Waals surface area contributed by atoms with Gasteiger partial charge in [0, 0.05) is 7.05 Å². The van der Waals surface area contributed by atoms with Crippen molar-refractivity contribution in [3.63, 3.8) is 0 Å². The molecule has 0 aliphatic rings. The van der Waals surface area contributed by atoms with Gasteiger partial charge < -0.3 is 18.5 Å². The molecule has 7 nitrogen and oxygen atoms in total. The van der Waals surface area contributed by atoms with Crippen molar-refractivity contribution in [1.29, 1.82) is 0 Å². The number of oxazole rings is 1. The highest BCUT2D eigenvalue weighted by Gasteiger charge is 2.25. The largest absolute Gasteiger partial charge is 0.467 e. The highest BCUT2D eigenvalue weighted by molar-refractivity contribution is 5.85. The smallest absolute Gasteiger partial charge is 0.328 e. The van der Waals surface area contributed by atoms with E-state index in [1.54, 1.807) is 33.0 Å². The fourth-order valence-electron chi connectivity index (χ4n) is 1.91. The van der Waals surface area contributed by atoms with Crippen molar-refractivity contribution in [2.45, 2.75) is 26.3 Å². The molecule has 0 spiro atoms. The molecule has 2 aromatic heterocycles. The number of carbonyl (C=O) groups excluding carboxylic acids is 2. The van der Waals surface area contributed by atoms with Crippen LogP contribution in [0, 0.1) is 6.92 Å². The number of methoxy groups -OCH3 is 1. The second-order valence-corrected chi connectivity index (χ2v) is 4.88. The summed E-state index contributed by atoms with van der Waals surface area (Å²) in [6.45, 7) is 3.33. The minimum atomic E-state index is -0.658. The van der Waals surface area contributed by atoms with Gasteiger partial charge in [-0.1, -0.05) is 0 Å². The van der Waals surface area contributed by atoms with E-state index in [4.69, 9.17) is 8.83 Å². The highest BCUT2D eigenvalue weighted by atomic mass is 16.5. The lowest BCUT2D eigenvalue weighted by atomic mass is 10.2. The van der Waals surface area contributed by atoms with E-state index >= 15 is 0 Å². The Hall–Kier alpha value is -2.57. The normalized spacial score (nSPS) is 12.0. The van der Waals surface area contributed by atoms with E-state index in [0.717, 1.165) is 0 Å². The van der Waals surface area contributed by atoms with Crippen molar-refractivity contribution in [3.05, 3.63) is 29.9 Å². The Labute approximate surface area is 127 Å². The second-order valence-electron chi connectivity index (χ2n) is 4.88. The average Bonchev–Trinajstić information content (AvgIpc) is 3.15.